The Kier molecular flexibility index (Phi) is 4.68. The van der Waals surface area contributed by atoms with Crippen molar-refractivity contribution < 1.29 is 19.1 Å². The van der Waals surface area contributed by atoms with Gasteiger partial charge in [0.2, 0.25) is 0 Å². The third-order valence-electron chi connectivity index (χ3n) is 3.44. The summed E-state index contributed by atoms with van der Waals surface area (Å²) in [4.78, 5) is 24.6. The lowest BCUT2D eigenvalue weighted by molar-refractivity contribution is -0.143. The summed E-state index contributed by atoms with van der Waals surface area (Å²) in [7, 11) is 0. The van der Waals surface area contributed by atoms with Crippen molar-refractivity contribution in [2.45, 2.75) is 12.8 Å². The van der Waals surface area contributed by atoms with Crippen molar-refractivity contribution in [3.05, 3.63) is 35.6 Å². The highest BCUT2D eigenvalue weighted by Crippen LogP contribution is 2.15. The summed E-state index contributed by atoms with van der Waals surface area (Å²) in [5.74, 6) is -2.25. The molecule has 20 heavy (non-hydrogen) atoms. The largest absolute Gasteiger partial charge is 0.481 e. The number of piperidine rings is 1. The first kappa shape index (κ1) is 14.5. The predicted molar refractivity (Wildman–Crippen MR) is 70.7 cm³/mol. The van der Waals surface area contributed by atoms with Gasteiger partial charge in [-0.05, 0) is 31.5 Å². The number of nitrogens with one attached hydrogen (secondary N) is 1. The van der Waals surface area contributed by atoms with Gasteiger partial charge in [0.05, 0.1) is 18.2 Å². The fourth-order valence-electron chi connectivity index (χ4n) is 2.32. The van der Waals surface area contributed by atoms with Gasteiger partial charge in [-0.25, -0.2) is 4.39 Å². The molecule has 2 rings (SSSR count). The van der Waals surface area contributed by atoms with Crippen molar-refractivity contribution in [1.82, 2.24) is 10.2 Å². The molecule has 1 aliphatic rings. The SMILES string of the molecule is O=C(NCN1CCCC(C(=O)O)C1)c1ccccc1F. The van der Waals surface area contributed by atoms with E-state index in [-0.39, 0.29) is 12.2 Å². The zero-order valence-corrected chi connectivity index (χ0v) is 11.0. The van der Waals surface area contributed by atoms with E-state index in [1.807, 2.05) is 4.90 Å². The van der Waals surface area contributed by atoms with E-state index in [0.717, 1.165) is 13.0 Å². The number of carbonyl (C=O) groups excluding carboxylic acids is 1. The van der Waals surface area contributed by atoms with Gasteiger partial charge >= 0.3 is 5.97 Å². The summed E-state index contributed by atoms with van der Waals surface area (Å²) >= 11 is 0. The standard InChI is InChI=1S/C14H17FN2O3/c15-12-6-2-1-5-11(12)13(18)16-9-17-7-3-4-10(8-17)14(19)20/h1-2,5-6,10H,3-4,7-9H2,(H,16,18)(H,19,20). The molecule has 1 atom stereocenters. The molecule has 0 spiro atoms. The lowest BCUT2D eigenvalue weighted by atomic mass is 9.99. The Balaban J connectivity index is 1.87. The molecule has 0 aromatic heterocycles. The minimum Gasteiger partial charge on any atom is -0.481 e. The van der Waals surface area contributed by atoms with Crippen molar-refractivity contribution in [1.29, 1.82) is 0 Å². The number of likely N-dealkylation sites (tertiary alicyclic amines) is 1. The Labute approximate surface area is 116 Å². The monoisotopic (exact) mass is 280 g/mol. The first-order valence-electron chi connectivity index (χ1n) is 6.56. The van der Waals surface area contributed by atoms with E-state index in [2.05, 4.69) is 5.32 Å². The summed E-state index contributed by atoms with van der Waals surface area (Å²) in [6, 6.07) is 5.77. The van der Waals surface area contributed by atoms with Crippen molar-refractivity contribution in [3.63, 3.8) is 0 Å². The van der Waals surface area contributed by atoms with E-state index in [4.69, 9.17) is 5.11 Å². The van der Waals surface area contributed by atoms with Gasteiger partial charge in [0.25, 0.3) is 5.91 Å². The molecule has 1 fully saturated rings. The normalized spacial score (nSPS) is 19.6. The average molecular weight is 280 g/mol. The van der Waals surface area contributed by atoms with Crippen LogP contribution in [0.25, 0.3) is 0 Å². The Morgan fingerprint density at radius 2 is 2.15 bits per heavy atom. The van der Waals surface area contributed by atoms with Gasteiger partial charge in [0.1, 0.15) is 5.82 Å². The highest BCUT2D eigenvalue weighted by atomic mass is 19.1. The van der Waals surface area contributed by atoms with Gasteiger partial charge in [0, 0.05) is 6.54 Å². The van der Waals surface area contributed by atoms with Crippen LogP contribution in [0.1, 0.15) is 23.2 Å². The van der Waals surface area contributed by atoms with Crippen LogP contribution in [0.15, 0.2) is 24.3 Å². The number of nitrogens with zero attached hydrogens (tertiary/aromatic N) is 1. The number of hydrogen-bond donors (Lipinski definition) is 2. The first-order valence-corrected chi connectivity index (χ1v) is 6.56. The molecule has 1 aromatic carbocycles. The Bertz CT molecular complexity index is 507. The number of halogens is 1. The zero-order valence-electron chi connectivity index (χ0n) is 11.0. The molecule has 0 aliphatic carbocycles. The predicted octanol–water partition coefficient (Wildman–Crippen LogP) is 1.31. The smallest absolute Gasteiger partial charge is 0.307 e. The van der Waals surface area contributed by atoms with Gasteiger partial charge in [0.15, 0.2) is 0 Å². The molecule has 1 heterocycles. The maximum Gasteiger partial charge on any atom is 0.307 e. The second-order valence-electron chi connectivity index (χ2n) is 4.90. The van der Waals surface area contributed by atoms with E-state index < -0.39 is 23.6 Å². The van der Waals surface area contributed by atoms with E-state index >= 15 is 0 Å². The number of carboxylic acid groups (broad SMARTS) is 1. The molecule has 0 bridgehead atoms. The fraction of sp³-hybridized carbons (Fsp3) is 0.429. The second-order valence-corrected chi connectivity index (χ2v) is 4.90. The Morgan fingerprint density at radius 3 is 2.85 bits per heavy atom. The fourth-order valence-corrected chi connectivity index (χ4v) is 2.32. The summed E-state index contributed by atoms with van der Waals surface area (Å²) < 4.78 is 13.4. The molecule has 1 unspecified atom stereocenters. The highest BCUT2D eigenvalue weighted by molar-refractivity contribution is 5.94. The van der Waals surface area contributed by atoms with Crippen LogP contribution in [0, 0.1) is 11.7 Å². The van der Waals surface area contributed by atoms with E-state index in [9.17, 15) is 14.0 Å². The van der Waals surface area contributed by atoms with Crippen LogP contribution < -0.4 is 5.32 Å². The summed E-state index contributed by atoms with van der Waals surface area (Å²) in [5.41, 5.74) is -0.000654. The third-order valence-corrected chi connectivity index (χ3v) is 3.44. The molecule has 5 nitrogen and oxygen atoms in total. The number of carbonyl (C=O) groups is 2. The van der Waals surface area contributed by atoms with Gasteiger partial charge < -0.3 is 10.4 Å². The molecule has 108 valence electrons. The Hall–Kier alpha value is -1.95. The van der Waals surface area contributed by atoms with Gasteiger partial charge in [-0.2, -0.15) is 0 Å². The number of amides is 1. The van der Waals surface area contributed by atoms with Crippen molar-refractivity contribution in [2.24, 2.45) is 5.92 Å². The first-order chi connectivity index (χ1) is 9.58. The maximum atomic E-state index is 13.4. The number of rotatable bonds is 4. The molecule has 0 radical (unpaired) electrons. The molecular weight excluding hydrogens is 263 g/mol. The quantitative estimate of drug-likeness (QED) is 0.872. The Morgan fingerprint density at radius 1 is 1.40 bits per heavy atom. The molecule has 1 aromatic rings. The summed E-state index contributed by atoms with van der Waals surface area (Å²) in [6.45, 7) is 1.38. The van der Waals surface area contributed by atoms with Crippen molar-refractivity contribution in [2.75, 3.05) is 19.8 Å². The van der Waals surface area contributed by atoms with Gasteiger partial charge in [-0.1, -0.05) is 12.1 Å². The van der Waals surface area contributed by atoms with E-state index in [0.29, 0.717) is 13.0 Å². The van der Waals surface area contributed by atoms with Crippen molar-refractivity contribution in [3.8, 4) is 0 Å². The topological polar surface area (TPSA) is 69.6 Å². The van der Waals surface area contributed by atoms with Crippen LogP contribution in [0.5, 0.6) is 0 Å². The molecule has 0 saturated carbocycles. The number of benzene rings is 1. The molecular formula is C14H17FN2O3. The highest BCUT2D eigenvalue weighted by Gasteiger charge is 2.25. The second kappa shape index (κ2) is 6.47. The molecule has 6 heteroatoms. The maximum absolute atomic E-state index is 13.4. The number of aliphatic carboxylic acids is 1. The van der Waals surface area contributed by atoms with Crippen LogP contribution in [0.4, 0.5) is 4.39 Å². The number of carboxylic acids is 1. The number of hydrogen-bond acceptors (Lipinski definition) is 3. The van der Waals surface area contributed by atoms with Gasteiger partial charge in [-0.3, -0.25) is 14.5 Å². The minimum atomic E-state index is -0.810. The lowest BCUT2D eigenvalue weighted by Gasteiger charge is -2.30. The zero-order chi connectivity index (χ0) is 14.5. The minimum absolute atomic E-state index is 0.000654. The third kappa shape index (κ3) is 3.54. The molecule has 1 aliphatic heterocycles. The van der Waals surface area contributed by atoms with Crippen LogP contribution in [-0.4, -0.2) is 41.6 Å². The lowest BCUT2D eigenvalue weighted by Crippen LogP contribution is -2.44. The van der Waals surface area contributed by atoms with Crippen LogP contribution >= 0.6 is 0 Å². The van der Waals surface area contributed by atoms with E-state index in [1.54, 1.807) is 6.07 Å². The van der Waals surface area contributed by atoms with Crippen LogP contribution in [0.2, 0.25) is 0 Å². The van der Waals surface area contributed by atoms with Crippen LogP contribution in [-0.2, 0) is 4.79 Å². The van der Waals surface area contributed by atoms with E-state index in [1.165, 1.54) is 18.2 Å². The molecule has 2 N–H and O–H groups in total. The summed E-state index contributed by atoms with van der Waals surface area (Å²) in [6.07, 6.45) is 1.44. The average Bonchev–Trinajstić information content (AvgIpc) is 2.45. The van der Waals surface area contributed by atoms with Crippen molar-refractivity contribution >= 4 is 11.9 Å². The molecule has 1 amide bonds. The molecule has 1 saturated heterocycles. The van der Waals surface area contributed by atoms with Gasteiger partial charge in [-0.15, -0.1) is 0 Å². The van der Waals surface area contributed by atoms with Crippen LogP contribution in [0.3, 0.4) is 0 Å². The summed E-state index contributed by atoms with van der Waals surface area (Å²) in [5, 5.41) is 11.6.